The van der Waals surface area contributed by atoms with E-state index in [0.717, 1.165) is 29.9 Å². The van der Waals surface area contributed by atoms with Crippen molar-refractivity contribution in [1.82, 2.24) is 9.88 Å². The zero-order valence-corrected chi connectivity index (χ0v) is 18.7. The largest absolute Gasteiger partial charge is 0.493 e. The molecule has 0 aliphatic heterocycles. The van der Waals surface area contributed by atoms with Gasteiger partial charge in [0.1, 0.15) is 11.6 Å². The van der Waals surface area contributed by atoms with Gasteiger partial charge in [0.2, 0.25) is 0 Å². The Balaban J connectivity index is 1.54. The standard InChI is InChI=1S/C21H26FN3O4S2/c22-15-6-4-9-17(12-15)29-11-5-10-25(16-7-2-1-3-8-16)21(28)24-20-23-13-19(31-20)30-14-18(26)27/h4,6,9,12-13,16H,1-3,5,7-8,10-11,14H2,(H,26,27)(H,23,24,28). The molecular weight excluding hydrogens is 441 g/mol. The van der Waals surface area contributed by atoms with E-state index in [-0.39, 0.29) is 23.6 Å². The number of amides is 2. The summed E-state index contributed by atoms with van der Waals surface area (Å²) >= 11 is 2.44. The summed E-state index contributed by atoms with van der Waals surface area (Å²) in [6.07, 6.45) is 7.52. The van der Waals surface area contributed by atoms with Gasteiger partial charge in [-0.15, -0.1) is 11.8 Å². The Morgan fingerprint density at radius 2 is 2.13 bits per heavy atom. The maximum atomic E-state index is 13.3. The first kappa shape index (κ1) is 23.3. The second-order valence-electron chi connectivity index (χ2n) is 7.24. The highest BCUT2D eigenvalue weighted by molar-refractivity contribution is 8.01. The Bertz CT molecular complexity index is 874. The van der Waals surface area contributed by atoms with E-state index < -0.39 is 5.97 Å². The number of carboxylic acid groups (broad SMARTS) is 1. The third-order valence-corrected chi connectivity index (χ3v) is 7.01. The highest BCUT2D eigenvalue weighted by atomic mass is 32.2. The molecule has 1 aliphatic carbocycles. The third kappa shape index (κ3) is 7.70. The predicted octanol–water partition coefficient (Wildman–Crippen LogP) is 5.09. The molecule has 0 saturated heterocycles. The van der Waals surface area contributed by atoms with Crippen LogP contribution in [0.5, 0.6) is 5.75 Å². The minimum Gasteiger partial charge on any atom is -0.493 e. The fraction of sp³-hybridized carbons (Fsp3) is 0.476. The lowest BCUT2D eigenvalue weighted by Crippen LogP contribution is -2.44. The molecule has 2 N–H and O–H groups in total. The average molecular weight is 468 g/mol. The van der Waals surface area contributed by atoms with E-state index in [2.05, 4.69) is 10.3 Å². The number of rotatable bonds is 10. The van der Waals surface area contributed by atoms with E-state index in [1.165, 1.54) is 41.7 Å². The van der Waals surface area contributed by atoms with Crippen molar-refractivity contribution in [3.63, 3.8) is 0 Å². The van der Waals surface area contributed by atoms with Crippen molar-refractivity contribution < 1.29 is 23.8 Å². The van der Waals surface area contributed by atoms with Crippen molar-refractivity contribution in [2.75, 3.05) is 24.2 Å². The molecule has 1 fully saturated rings. The summed E-state index contributed by atoms with van der Waals surface area (Å²) in [7, 11) is 0. The van der Waals surface area contributed by atoms with Crippen LogP contribution in [0, 0.1) is 5.82 Å². The smallest absolute Gasteiger partial charge is 0.323 e. The third-order valence-electron chi connectivity index (χ3n) is 4.92. The lowest BCUT2D eigenvalue weighted by molar-refractivity contribution is -0.133. The lowest BCUT2D eigenvalue weighted by Gasteiger charge is -2.34. The number of carbonyl (C=O) groups excluding carboxylic acids is 1. The summed E-state index contributed by atoms with van der Waals surface area (Å²) in [6.45, 7) is 0.908. The second kappa shape index (κ2) is 11.9. The zero-order valence-electron chi connectivity index (χ0n) is 17.1. The predicted molar refractivity (Wildman–Crippen MR) is 120 cm³/mol. The number of anilines is 1. The SMILES string of the molecule is O=C(O)CSc1cnc(NC(=O)N(CCCOc2cccc(F)c2)C2CCCCC2)s1. The van der Waals surface area contributed by atoms with Crippen LogP contribution in [-0.4, -0.2) is 51.9 Å². The highest BCUT2D eigenvalue weighted by Gasteiger charge is 2.26. The molecule has 2 aromatic rings. The summed E-state index contributed by atoms with van der Waals surface area (Å²) in [5.74, 6) is -0.810. The van der Waals surface area contributed by atoms with Crippen LogP contribution in [-0.2, 0) is 4.79 Å². The molecule has 1 aromatic carbocycles. The first-order valence-electron chi connectivity index (χ1n) is 10.3. The van der Waals surface area contributed by atoms with E-state index in [9.17, 15) is 14.0 Å². The van der Waals surface area contributed by atoms with Gasteiger partial charge in [0.25, 0.3) is 0 Å². The van der Waals surface area contributed by atoms with Crippen molar-refractivity contribution in [3.05, 3.63) is 36.3 Å². The van der Waals surface area contributed by atoms with Crippen LogP contribution < -0.4 is 10.1 Å². The summed E-state index contributed by atoms with van der Waals surface area (Å²) in [4.78, 5) is 29.7. The molecule has 0 atom stereocenters. The molecule has 31 heavy (non-hydrogen) atoms. The molecule has 168 valence electrons. The molecule has 1 aliphatic rings. The molecule has 1 saturated carbocycles. The number of aromatic nitrogens is 1. The number of halogens is 1. The summed E-state index contributed by atoms with van der Waals surface area (Å²) < 4.78 is 19.6. The normalized spacial score (nSPS) is 14.2. The molecular formula is C21H26FN3O4S2. The van der Waals surface area contributed by atoms with Gasteiger partial charge in [-0.05, 0) is 31.4 Å². The van der Waals surface area contributed by atoms with Crippen LogP contribution >= 0.6 is 23.1 Å². The van der Waals surface area contributed by atoms with Crippen LogP contribution in [0.3, 0.4) is 0 Å². The Morgan fingerprint density at radius 3 is 2.87 bits per heavy atom. The number of aliphatic carboxylic acids is 1. The summed E-state index contributed by atoms with van der Waals surface area (Å²) in [5, 5.41) is 12.1. The van der Waals surface area contributed by atoms with Crippen molar-refractivity contribution >= 4 is 40.2 Å². The summed E-state index contributed by atoms with van der Waals surface area (Å²) in [6, 6.07) is 5.98. The number of hydrogen-bond acceptors (Lipinski definition) is 6. The van der Waals surface area contributed by atoms with Gasteiger partial charge in [-0.2, -0.15) is 0 Å². The number of benzene rings is 1. The lowest BCUT2D eigenvalue weighted by atomic mass is 9.94. The molecule has 3 rings (SSSR count). The highest BCUT2D eigenvalue weighted by Crippen LogP contribution is 2.29. The van der Waals surface area contributed by atoms with Crippen molar-refractivity contribution in [2.24, 2.45) is 0 Å². The van der Waals surface area contributed by atoms with E-state index in [0.29, 0.717) is 30.5 Å². The number of thiazole rings is 1. The van der Waals surface area contributed by atoms with Gasteiger partial charge >= 0.3 is 12.0 Å². The molecule has 1 heterocycles. The maximum Gasteiger partial charge on any atom is 0.323 e. The Hall–Kier alpha value is -2.33. The molecule has 7 nitrogen and oxygen atoms in total. The van der Waals surface area contributed by atoms with Crippen LogP contribution in [0.2, 0.25) is 0 Å². The number of thioether (sulfide) groups is 1. The van der Waals surface area contributed by atoms with Gasteiger partial charge in [0.05, 0.1) is 22.8 Å². The Morgan fingerprint density at radius 1 is 1.32 bits per heavy atom. The number of carbonyl (C=O) groups is 2. The van der Waals surface area contributed by atoms with Crippen LogP contribution in [0.25, 0.3) is 0 Å². The fourth-order valence-corrected chi connectivity index (χ4v) is 5.09. The van der Waals surface area contributed by atoms with Crippen molar-refractivity contribution in [2.45, 2.75) is 48.8 Å². The molecule has 0 bridgehead atoms. The number of urea groups is 1. The summed E-state index contributed by atoms with van der Waals surface area (Å²) in [5.41, 5.74) is 0. The molecule has 0 radical (unpaired) electrons. The van der Waals surface area contributed by atoms with E-state index in [4.69, 9.17) is 9.84 Å². The van der Waals surface area contributed by atoms with E-state index in [1.807, 2.05) is 4.90 Å². The van der Waals surface area contributed by atoms with Gasteiger partial charge < -0.3 is 14.7 Å². The zero-order chi connectivity index (χ0) is 22.1. The topological polar surface area (TPSA) is 91.8 Å². The molecule has 0 unspecified atom stereocenters. The first-order chi connectivity index (χ1) is 15.0. The molecule has 0 spiro atoms. The van der Waals surface area contributed by atoms with Gasteiger partial charge in [0.15, 0.2) is 5.13 Å². The van der Waals surface area contributed by atoms with E-state index in [1.54, 1.807) is 18.3 Å². The van der Waals surface area contributed by atoms with E-state index >= 15 is 0 Å². The monoisotopic (exact) mass is 467 g/mol. The number of carboxylic acids is 1. The molecule has 2 amide bonds. The number of nitrogens with one attached hydrogen (secondary N) is 1. The van der Waals surface area contributed by atoms with Crippen LogP contribution in [0.4, 0.5) is 14.3 Å². The van der Waals surface area contributed by atoms with Crippen molar-refractivity contribution in [3.8, 4) is 5.75 Å². The molecule has 1 aromatic heterocycles. The molecule has 10 heteroatoms. The Kier molecular flexibility index (Phi) is 8.96. The quantitative estimate of drug-likeness (QED) is 0.373. The van der Waals surface area contributed by atoms with Crippen LogP contribution in [0.1, 0.15) is 38.5 Å². The maximum absolute atomic E-state index is 13.3. The van der Waals surface area contributed by atoms with Crippen LogP contribution in [0.15, 0.2) is 34.7 Å². The Labute approximate surface area is 189 Å². The average Bonchev–Trinajstić information content (AvgIpc) is 3.20. The number of ether oxygens (including phenoxy) is 1. The van der Waals surface area contributed by atoms with Gasteiger partial charge in [-0.3, -0.25) is 10.1 Å². The number of nitrogens with zero attached hydrogens (tertiary/aromatic N) is 2. The second-order valence-corrected chi connectivity index (χ2v) is 9.55. The van der Waals surface area contributed by atoms with Crippen molar-refractivity contribution in [1.29, 1.82) is 0 Å². The number of hydrogen-bond donors (Lipinski definition) is 2. The minimum absolute atomic E-state index is 0.0465. The minimum atomic E-state index is -0.895. The van der Waals surface area contributed by atoms with Gasteiger partial charge in [0, 0.05) is 18.7 Å². The fourth-order valence-electron chi connectivity index (χ4n) is 3.50. The van der Waals surface area contributed by atoms with Gasteiger partial charge in [-0.1, -0.05) is 36.7 Å². The van der Waals surface area contributed by atoms with Gasteiger partial charge in [-0.25, -0.2) is 14.2 Å². The first-order valence-corrected chi connectivity index (χ1v) is 12.1.